The zero-order valence-electron chi connectivity index (χ0n) is 16.2. The maximum Gasteiger partial charge on any atom is 0.242 e. The number of aromatic amines is 1. The number of H-pyrrole nitrogens is 1. The Labute approximate surface area is 169 Å². The van der Waals surface area contributed by atoms with Crippen molar-refractivity contribution in [2.45, 2.75) is 30.6 Å². The molecule has 1 aliphatic carbocycles. The van der Waals surface area contributed by atoms with E-state index >= 15 is 0 Å². The molecule has 1 N–H and O–H groups in total. The molecule has 150 valence electrons. The van der Waals surface area contributed by atoms with Crippen LogP contribution >= 0.6 is 0 Å². The van der Waals surface area contributed by atoms with Crippen molar-refractivity contribution in [2.24, 2.45) is 4.36 Å². The summed E-state index contributed by atoms with van der Waals surface area (Å²) in [5.74, 6) is 0. The fraction of sp³-hybridized carbons (Fsp3) is 0.474. The van der Waals surface area contributed by atoms with E-state index in [9.17, 15) is 4.21 Å². The quantitative estimate of drug-likeness (QED) is 0.631. The molecule has 1 unspecified atom stereocenters. The molecule has 29 heavy (non-hydrogen) atoms. The molecule has 3 aromatic heterocycles. The van der Waals surface area contributed by atoms with Crippen molar-refractivity contribution < 1.29 is 4.21 Å². The summed E-state index contributed by atoms with van der Waals surface area (Å²) in [6.45, 7) is 11.3. The molecule has 1 saturated heterocycles. The molecule has 0 spiro atoms. The van der Waals surface area contributed by atoms with Gasteiger partial charge in [0, 0.05) is 43.0 Å². The van der Waals surface area contributed by atoms with E-state index in [1.54, 1.807) is 6.20 Å². The molecule has 2 aliphatic rings. The largest absolute Gasteiger partial charge is 0.346 e. The molecule has 1 saturated carbocycles. The summed E-state index contributed by atoms with van der Waals surface area (Å²) >= 11 is 0. The lowest BCUT2D eigenvalue weighted by molar-refractivity contribution is 0.0864. The van der Waals surface area contributed by atoms with Crippen LogP contribution in [0.5, 0.6) is 0 Å². The van der Waals surface area contributed by atoms with Gasteiger partial charge in [0.1, 0.15) is 21.9 Å². The Bertz CT molecular complexity index is 1220. The van der Waals surface area contributed by atoms with E-state index in [0.29, 0.717) is 26.2 Å². The highest BCUT2D eigenvalue weighted by Crippen LogP contribution is 2.40. The van der Waals surface area contributed by atoms with Crippen molar-refractivity contribution >= 4 is 20.9 Å². The first-order valence-electron chi connectivity index (χ1n) is 9.73. The minimum absolute atomic E-state index is 0.171. The minimum atomic E-state index is -2.36. The lowest BCUT2D eigenvalue weighted by Crippen LogP contribution is -2.66. The zero-order valence-corrected chi connectivity index (χ0v) is 17.0. The van der Waals surface area contributed by atoms with Gasteiger partial charge in [0.05, 0.1) is 17.1 Å². The maximum absolute atomic E-state index is 13.4. The van der Waals surface area contributed by atoms with E-state index in [0.717, 1.165) is 35.1 Å². The van der Waals surface area contributed by atoms with Crippen LogP contribution in [0.4, 0.5) is 0 Å². The Morgan fingerprint density at radius 1 is 1.41 bits per heavy atom. The van der Waals surface area contributed by atoms with Crippen LogP contribution in [0.15, 0.2) is 35.3 Å². The highest BCUT2D eigenvalue weighted by Gasteiger charge is 2.54. The van der Waals surface area contributed by atoms with Crippen LogP contribution in [0.2, 0.25) is 0 Å². The third-order valence-electron chi connectivity index (χ3n) is 5.65. The van der Waals surface area contributed by atoms with Crippen LogP contribution in [0.1, 0.15) is 19.8 Å². The van der Waals surface area contributed by atoms with Gasteiger partial charge in [-0.1, -0.05) is 0 Å². The molecule has 0 aromatic carbocycles. The van der Waals surface area contributed by atoms with Crippen molar-refractivity contribution in [3.8, 4) is 11.3 Å². The first-order chi connectivity index (χ1) is 14.1. The Morgan fingerprint density at radius 2 is 2.24 bits per heavy atom. The number of fused-ring (bicyclic) bond motifs is 1. The van der Waals surface area contributed by atoms with Crippen molar-refractivity contribution in [1.82, 2.24) is 29.0 Å². The van der Waals surface area contributed by atoms with E-state index in [4.69, 9.17) is 6.57 Å². The van der Waals surface area contributed by atoms with Crippen LogP contribution in [0.25, 0.3) is 27.1 Å². The molecule has 0 bridgehead atoms. The highest BCUT2D eigenvalue weighted by molar-refractivity contribution is 7.92. The molecule has 3 aromatic rings. The molecule has 5 rings (SSSR count). The molecule has 9 nitrogen and oxygen atoms in total. The van der Waals surface area contributed by atoms with Gasteiger partial charge >= 0.3 is 0 Å². The summed E-state index contributed by atoms with van der Waals surface area (Å²) in [5.41, 5.74) is 1.98. The van der Waals surface area contributed by atoms with Gasteiger partial charge in [-0.25, -0.2) is 29.4 Å². The van der Waals surface area contributed by atoms with Crippen LogP contribution < -0.4 is 0 Å². The molecule has 4 heterocycles. The van der Waals surface area contributed by atoms with Gasteiger partial charge in [0.2, 0.25) is 6.54 Å². The lowest BCUT2D eigenvalue weighted by Gasteiger charge is -2.47. The average Bonchev–Trinajstić information content (AvgIpc) is 3.24. The van der Waals surface area contributed by atoms with Gasteiger partial charge < -0.3 is 9.83 Å². The van der Waals surface area contributed by atoms with E-state index in [-0.39, 0.29) is 5.25 Å². The van der Waals surface area contributed by atoms with Gasteiger partial charge in [0.25, 0.3) is 0 Å². The SMILES string of the molecule is [C-]#[N+]CC1(n2cc(-c3ncnc4[nH]ccc34)cn2)CN(S(=O)(=NCC)C2CC2)C1. The van der Waals surface area contributed by atoms with E-state index in [1.165, 1.54) is 6.33 Å². The predicted molar refractivity (Wildman–Crippen MR) is 110 cm³/mol. The summed E-state index contributed by atoms with van der Waals surface area (Å²) in [6.07, 6.45) is 9.03. The van der Waals surface area contributed by atoms with E-state index in [1.807, 2.05) is 34.4 Å². The monoisotopic (exact) mass is 410 g/mol. The number of nitrogens with zero attached hydrogens (tertiary/aromatic N) is 7. The summed E-state index contributed by atoms with van der Waals surface area (Å²) in [7, 11) is -2.36. The van der Waals surface area contributed by atoms with Gasteiger partial charge in [-0.05, 0) is 25.8 Å². The fourth-order valence-electron chi connectivity index (χ4n) is 4.02. The van der Waals surface area contributed by atoms with E-state index in [2.05, 4.69) is 29.3 Å². The fourth-order valence-corrected chi connectivity index (χ4v) is 6.79. The lowest BCUT2D eigenvalue weighted by atomic mass is 9.92. The first kappa shape index (κ1) is 18.3. The van der Waals surface area contributed by atoms with Crippen molar-refractivity contribution in [2.75, 3.05) is 26.2 Å². The molecule has 10 heteroatoms. The average molecular weight is 411 g/mol. The number of rotatable bonds is 6. The Morgan fingerprint density at radius 3 is 2.97 bits per heavy atom. The summed E-state index contributed by atoms with van der Waals surface area (Å²) in [6, 6.07) is 1.94. The van der Waals surface area contributed by atoms with Crippen LogP contribution in [0, 0.1) is 6.57 Å². The van der Waals surface area contributed by atoms with Crippen LogP contribution in [-0.2, 0) is 15.5 Å². The predicted octanol–water partition coefficient (Wildman–Crippen LogP) is 2.32. The second kappa shape index (κ2) is 6.64. The summed E-state index contributed by atoms with van der Waals surface area (Å²) < 4.78 is 21.7. The Hall–Kier alpha value is -2.77. The summed E-state index contributed by atoms with van der Waals surface area (Å²) in [4.78, 5) is 15.4. The third kappa shape index (κ3) is 2.84. The van der Waals surface area contributed by atoms with Crippen molar-refractivity contribution in [3.63, 3.8) is 0 Å². The normalized spacial score (nSPS) is 20.7. The maximum atomic E-state index is 13.4. The topological polar surface area (TPSA) is 96.4 Å². The van der Waals surface area contributed by atoms with Crippen LogP contribution in [0.3, 0.4) is 0 Å². The van der Waals surface area contributed by atoms with Gasteiger partial charge in [0.15, 0.2) is 5.54 Å². The number of nitrogens with one attached hydrogen (secondary N) is 1. The first-order valence-corrected chi connectivity index (χ1v) is 11.3. The minimum Gasteiger partial charge on any atom is -0.346 e. The third-order valence-corrected chi connectivity index (χ3v) is 8.62. The molecule has 0 radical (unpaired) electrons. The number of hydrogen-bond donors (Lipinski definition) is 1. The molecular weight excluding hydrogens is 388 g/mol. The van der Waals surface area contributed by atoms with Crippen LogP contribution in [-0.4, -0.2) is 64.7 Å². The van der Waals surface area contributed by atoms with Gasteiger partial charge in [-0.2, -0.15) is 5.10 Å². The van der Waals surface area contributed by atoms with Crippen molar-refractivity contribution in [1.29, 1.82) is 0 Å². The second-order valence-corrected chi connectivity index (χ2v) is 10.2. The molecular formula is C19H22N8OS. The second-order valence-electron chi connectivity index (χ2n) is 7.66. The number of hydrogen-bond acceptors (Lipinski definition) is 5. The van der Waals surface area contributed by atoms with Gasteiger partial charge in [-0.15, -0.1) is 0 Å². The highest BCUT2D eigenvalue weighted by atomic mass is 32.2. The summed E-state index contributed by atoms with van der Waals surface area (Å²) in [5, 5.41) is 5.67. The molecule has 1 aliphatic heterocycles. The van der Waals surface area contributed by atoms with Gasteiger partial charge in [-0.3, -0.25) is 4.68 Å². The molecule has 1 atom stereocenters. The molecule has 0 amide bonds. The standard InChI is InChI=1S/C19H22N8OS/c1-3-25-29(28,15-4-5-15)26-11-19(12-26,10-20-2)27-9-14(8-24-27)17-16-6-7-21-18(16)23-13-22-17/h6-9,13,15H,3-5,10-12H2,1H3,(H,21,22,23). The smallest absolute Gasteiger partial charge is 0.242 e. The number of aromatic nitrogens is 5. The zero-order chi connectivity index (χ0) is 20.1. The molecule has 2 fully saturated rings. The van der Waals surface area contributed by atoms with E-state index < -0.39 is 15.5 Å². The Kier molecular flexibility index (Phi) is 4.18. The Balaban J connectivity index is 1.47. The van der Waals surface area contributed by atoms with Crippen molar-refractivity contribution in [3.05, 3.63) is 42.4 Å².